The molecule has 0 radical (unpaired) electrons. The zero-order chi connectivity index (χ0) is 44.5. The van der Waals surface area contributed by atoms with Gasteiger partial charge in [-0.05, 0) is 83.8 Å². The molecule has 1 fully saturated rings. The predicted octanol–water partition coefficient (Wildman–Crippen LogP) is 6.39. The van der Waals surface area contributed by atoms with Gasteiger partial charge >= 0.3 is 6.18 Å². The normalized spacial score (nSPS) is 15.6. The van der Waals surface area contributed by atoms with Gasteiger partial charge in [0.25, 0.3) is 17.7 Å². The van der Waals surface area contributed by atoms with Gasteiger partial charge in [0, 0.05) is 30.8 Å². The molecule has 0 spiro atoms. The molecule has 0 saturated carbocycles. The van der Waals surface area contributed by atoms with E-state index in [1.807, 2.05) is 37.3 Å². The largest absolute Gasteiger partial charge is 0.416 e. The third-order valence-electron chi connectivity index (χ3n) is 10.6. The Labute approximate surface area is 360 Å². The minimum atomic E-state index is -4.42. The fourth-order valence-corrected chi connectivity index (χ4v) is 7.37. The molecule has 7 rings (SSSR count). The van der Waals surface area contributed by atoms with Crippen LogP contribution >= 0.6 is 0 Å². The number of alkyl halides is 3. The summed E-state index contributed by atoms with van der Waals surface area (Å²) in [5.74, 6) is -1.92. The Hall–Kier alpha value is -6.69. The van der Waals surface area contributed by atoms with Gasteiger partial charge in [0.15, 0.2) is 0 Å². The number of aromatic nitrogens is 1. The van der Waals surface area contributed by atoms with Crippen molar-refractivity contribution in [3.05, 3.63) is 125 Å². The summed E-state index contributed by atoms with van der Waals surface area (Å²) >= 11 is 0. The number of imide groups is 2. The number of anilines is 2. The molecule has 14 nitrogen and oxygen atoms in total. The summed E-state index contributed by atoms with van der Waals surface area (Å²) in [6.07, 6.45) is -4.29. The monoisotopic (exact) mass is 866 g/mol. The highest BCUT2D eigenvalue weighted by Gasteiger charge is 2.45. The molecule has 5 aromatic rings. The van der Waals surface area contributed by atoms with Crippen molar-refractivity contribution in [2.24, 2.45) is 0 Å². The Bertz CT molecular complexity index is 2500. The number of nitrogens with zero attached hydrogens (tertiary/aromatic N) is 2. The molecule has 3 heterocycles. The second-order valence-electron chi connectivity index (χ2n) is 14.8. The lowest BCUT2D eigenvalue weighted by atomic mass is 9.96. The molecule has 4 aromatic carbocycles. The maximum absolute atomic E-state index is 13.3. The topological polar surface area (TPSA) is 177 Å². The van der Waals surface area contributed by atoms with Gasteiger partial charge in [0.1, 0.15) is 11.9 Å². The Balaban J connectivity index is 0.764. The lowest BCUT2D eigenvalue weighted by Crippen LogP contribution is -2.54. The maximum atomic E-state index is 13.3. The smallest absolute Gasteiger partial charge is 0.382 e. The minimum absolute atomic E-state index is 0.0469. The fourth-order valence-electron chi connectivity index (χ4n) is 7.37. The number of hydrogen-bond acceptors (Lipinski definition) is 11. The standard InChI is InChI=1S/C46H45F3N6O8/c1-28(52-42(57)31-13-16-34-30(27-31)5-2-6-33(34)29-11-14-32(15-12-29)46(47,48)49)36-8-4-10-39(53-36)51-20-22-62-24-26-63-25-23-61-21-19-50-37-9-3-7-35-41(37)45(60)55(44(35)59)38-17-18-40(56)54-43(38)58/h2-16,27-28,38,50H,17-26H2,1H3,(H,51,53)(H,52,57)(H,54,56,58)/t28-,38?/m0/s1. The van der Waals surface area contributed by atoms with E-state index in [4.69, 9.17) is 14.2 Å². The van der Waals surface area contributed by atoms with E-state index in [-0.39, 0.29) is 29.9 Å². The molecule has 2 aliphatic heterocycles. The van der Waals surface area contributed by atoms with Crippen LogP contribution in [0.2, 0.25) is 0 Å². The van der Waals surface area contributed by atoms with Crippen LogP contribution in [-0.4, -0.2) is 98.2 Å². The highest BCUT2D eigenvalue weighted by molar-refractivity contribution is 6.25. The Kier molecular flexibility index (Phi) is 14.1. The van der Waals surface area contributed by atoms with Crippen molar-refractivity contribution in [2.75, 3.05) is 63.4 Å². The number of ether oxygens (including phenoxy) is 3. The van der Waals surface area contributed by atoms with E-state index in [0.29, 0.717) is 81.1 Å². The van der Waals surface area contributed by atoms with Crippen LogP contribution in [0, 0.1) is 0 Å². The average Bonchev–Trinajstić information content (AvgIpc) is 3.53. The quantitative estimate of drug-likeness (QED) is 0.0535. The summed E-state index contributed by atoms with van der Waals surface area (Å²) in [6, 6.07) is 24.7. The van der Waals surface area contributed by atoms with E-state index in [2.05, 4.69) is 26.3 Å². The van der Waals surface area contributed by atoms with Crippen molar-refractivity contribution in [1.29, 1.82) is 0 Å². The molecule has 17 heteroatoms. The highest BCUT2D eigenvalue weighted by Crippen LogP contribution is 2.35. The van der Waals surface area contributed by atoms with E-state index in [1.54, 1.807) is 36.4 Å². The summed E-state index contributed by atoms with van der Waals surface area (Å²) in [5.41, 5.74) is 2.61. The number of halogens is 3. The Morgan fingerprint density at radius 1 is 0.794 bits per heavy atom. The van der Waals surface area contributed by atoms with Gasteiger partial charge in [-0.15, -0.1) is 0 Å². The molecule has 1 unspecified atom stereocenters. The lowest BCUT2D eigenvalue weighted by molar-refractivity contribution is -0.138. The van der Waals surface area contributed by atoms with Gasteiger partial charge in [0.2, 0.25) is 11.8 Å². The van der Waals surface area contributed by atoms with Gasteiger partial charge in [-0.1, -0.05) is 48.5 Å². The van der Waals surface area contributed by atoms with Crippen LogP contribution in [0.15, 0.2) is 97.1 Å². The van der Waals surface area contributed by atoms with E-state index >= 15 is 0 Å². The first-order valence-corrected chi connectivity index (χ1v) is 20.4. The van der Waals surface area contributed by atoms with Crippen LogP contribution in [0.25, 0.3) is 21.9 Å². The molecule has 2 aliphatic rings. The summed E-state index contributed by atoms with van der Waals surface area (Å²) in [5, 5.41) is 13.1. The fraction of sp³-hybridized carbons (Fsp3) is 0.304. The second-order valence-corrected chi connectivity index (χ2v) is 14.8. The minimum Gasteiger partial charge on any atom is -0.382 e. The molecule has 0 aliphatic carbocycles. The van der Waals surface area contributed by atoms with E-state index in [9.17, 15) is 37.1 Å². The number of piperidine rings is 1. The third-order valence-corrected chi connectivity index (χ3v) is 10.6. The van der Waals surface area contributed by atoms with E-state index in [1.165, 1.54) is 18.2 Å². The van der Waals surface area contributed by atoms with E-state index < -0.39 is 47.5 Å². The molecule has 1 saturated heterocycles. The Morgan fingerprint density at radius 2 is 1.46 bits per heavy atom. The summed E-state index contributed by atoms with van der Waals surface area (Å²) in [4.78, 5) is 69.0. The van der Waals surface area contributed by atoms with Crippen molar-refractivity contribution in [3.63, 3.8) is 0 Å². The zero-order valence-electron chi connectivity index (χ0n) is 34.3. The molecular formula is C46H45F3N6O8. The molecule has 0 bridgehead atoms. The average molecular weight is 867 g/mol. The maximum Gasteiger partial charge on any atom is 0.416 e. The third kappa shape index (κ3) is 10.7. The van der Waals surface area contributed by atoms with Crippen LogP contribution < -0.4 is 21.3 Å². The van der Waals surface area contributed by atoms with Crippen molar-refractivity contribution >= 4 is 51.8 Å². The molecule has 328 valence electrons. The number of amides is 5. The SMILES string of the molecule is C[C@H](NC(=O)c1ccc2c(-c3ccc(C(F)(F)F)cc3)cccc2c1)c1cccc(NCCOCCOCCOCCNc2cccc3c2C(=O)N(C2CCC(=O)NC2=O)C3=O)n1. The van der Waals surface area contributed by atoms with Crippen LogP contribution in [0.1, 0.15) is 68.1 Å². The summed E-state index contributed by atoms with van der Waals surface area (Å²) in [6.45, 7) is 4.78. The van der Waals surface area contributed by atoms with Crippen molar-refractivity contribution < 1.29 is 51.4 Å². The lowest BCUT2D eigenvalue weighted by Gasteiger charge is -2.27. The summed E-state index contributed by atoms with van der Waals surface area (Å²) in [7, 11) is 0. The van der Waals surface area contributed by atoms with Crippen molar-refractivity contribution in [1.82, 2.24) is 20.5 Å². The number of fused-ring (bicyclic) bond motifs is 2. The number of carbonyl (C=O) groups excluding carboxylic acids is 5. The number of pyridine rings is 1. The second kappa shape index (κ2) is 20.0. The number of rotatable bonds is 19. The van der Waals surface area contributed by atoms with Crippen LogP contribution in [-0.2, 0) is 30.0 Å². The molecule has 63 heavy (non-hydrogen) atoms. The van der Waals surface area contributed by atoms with E-state index in [0.717, 1.165) is 33.4 Å². The molecule has 1 aromatic heterocycles. The van der Waals surface area contributed by atoms with Gasteiger partial charge in [-0.2, -0.15) is 13.2 Å². The predicted molar refractivity (Wildman–Crippen MR) is 227 cm³/mol. The highest BCUT2D eigenvalue weighted by atomic mass is 19.4. The molecule has 4 N–H and O–H groups in total. The van der Waals surface area contributed by atoms with Gasteiger partial charge in [-0.25, -0.2) is 4.98 Å². The number of benzene rings is 4. The molecule has 2 atom stereocenters. The number of nitrogens with one attached hydrogen (secondary N) is 4. The van der Waals surface area contributed by atoms with Crippen LogP contribution in [0.3, 0.4) is 0 Å². The van der Waals surface area contributed by atoms with Crippen LogP contribution in [0.5, 0.6) is 0 Å². The zero-order valence-corrected chi connectivity index (χ0v) is 34.3. The molecular weight excluding hydrogens is 822 g/mol. The molecule has 5 amide bonds. The van der Waals surface area contributed by atoms with Gasteiger partial charge in [-0.3, -0.25) is 34.2 Å². The Morgan fingerprint density at radius 3 is 2.17 bits per heavy atom. The first-order chi connectivity index (χ1) is 30.4. The summed E-state index contributed by atoms with van der Waals surface area (Å²) < 4.78 is 56.1. The number of carbonyl (C=O) groups is 5. The number of hydrogen-bond donors (Lipinski definition) is 4. The van der Waals surface area contributed by atoms with Gasteiger partial charge in [0.05, 0.1) is 68.1 Å². The van der Waals surface area contributed by atoms with Gasteiger partial charge < -0.3 is 30.2 Å². The van der Waals surface area contributed by atoms with Crippen molar-refractivity contribution in [3.8, 4) is 11.1 Å². The van der Waals surface area contributed by atoms with Crippen molar-refractivity contribution in [2.45, 2.75) is 38.0 Å². The first kappa shape index (κ1) is 44.4. The van der Waals surface area contributed by atoms with Crippen LogP contribution in [0.4, 0.5) is 24.7 Å². The first-order valence-electron chi connectivity index (χ1n) is 20.4.